The number of anilines is 1. The van der Waals surface area contributed by atoms with Crippen molar-refractivity contribution in [2.24, 2.45) is 12.5 Å². The van der Waals surface area contributed by atoms with E-state index in [1.54, 1.807) is 39.3 Å². The number of aliphatic hydroxyl groups is 1. The van der Waals surface area contributed by atoms with Gasteiger partial charge in [-0.25, -0.2) is 4.39 Å². The van der Waals surface area contributed by atoms with Gasteiger partial charge in [0.25, 0.3) is 5.91 Å². The monoisotopic (exact) mass is 414 g/mol. The Bertz CT molecular complexity index is 1040. The number of nitrogens with one attached hydrogen (secondary N) is 1. The lowest BCUT2D eigenvalue weighted by Gasteiger charge is -2.21. The van der Waals surface area contributed by atoms with Gasteiger partial charge in [0, 0.05) is 30.3 Å². The molecule has 0 radical (unpaired) electrons. The van der Waals surface area contributed by atoms with Crippen LogP contribution in [0.1, 0.15) is 51.0 Å². The Kier molecular flexibility index (Phi) is 6.77. The molecule has 0 bridgehead atoms. The Morgan fingerprint density at radius 2 is 1.90 bits per heavy atom. The molecule has 160 valence electrons. The van der Waals surface area contributed by atoms with Crippen LogP contribution in [0, 0.1) is 32.0 Å². The van der Waals surface area contributed by atoms with E-state index < -0.39 is 22.9 Å². The fourth-order valence-corrected chi connectivity index (χ4v) is 3.33. The topological polar surface area (TPSA) is 88.4 Å². The molecule has 6 nitrogen and oxygen atoms in total. The number of aromatic nitrogens is 1. The first-order valence-electron chi connectivity index (χ1n) is 9.51. The fraction of sp³-hybridized carbons (Fsp3) is 0.348. The predicted molar refractivity (Wildman–Crippen MR) is 113 cm³/mol. The molecular weight excluding hydrogens is 387 g/mol. The van der Waals surface area contributed by atoms with Crippen LogP contribution in [0.3, 0.4) is 0 Å². The summed E-state index contributed by atoms with van der Waals surface area (Å²) >= 11 is 0. The summed E-state index contributed by atoms with van der Waals surface area (Å²) in [5.41, 5.74) is 1.19. The molecule has 2 N–H and O–H groups in total. The van der Waals surface area contributed by atoms with Gasteiger partial charge >= 0.3 is 0 Å². The number of aliphatic hydroxyl groups excluding tert-OH is 1. The molecule has 1 amide bonds. The highest BCUT2D eigenvalue weighted by molar-refractivity contribution is 6.44. The SMILES string of the molecule is C=CC(C)(CO)CC(=O)C(=O)c1c(C)c(C(=O)Nc2ccc(F)c(C)c2)n(C)c1C. The van der Waals surface area contributed by atoms with Crippen LogP contribution in [0.25, 0.3) is 0 Å². The second-order valence-electron chi connectivity index (χ2n) is 7.86. The van der Waals surface area contributed by atoms with Gasteiger partial charge in [-0.3, -0.25) is 14.4 Å². The lowest BCUT2D eigenvalue weighted by atomic mass is 9.84. The number of amides is 1. The molecule has 0 saturated carbocycles. The van der Waals surface area contributed by atoms with E-state index in [1.165, 1.54) is 24.3 Å². The van der Waals surface area contributed by atoms with Gasteiger partial charge in [0.05, 0.1) is 12.2 Å². The van der Waals surface area contributed by atoms with Crippen molar-refractivity contribution >= 4 is 23.2 Å². The van der Waals surface area contributed by atoms with Gasteiger partial charge in [0.1, 0.15) is 11.5 Å². The molecule has 1 atom stereocenters. The number of ketones is 2. The number of benzene rings is 1. The van der Waals surface area contributed by atoms with Gasteiger partial charge in [-0.05, 0) is 50.1 Å². The smallest absolute Gasteiger partial charge is 0.272 e. The molecule has 1 heterocycles. The number of carbonyl (C=O) groups is 3. The van der Waals surface area contributed by atoms with Crippen LogP contribution < -0.4 is 5.32 Å². The quantitative estimate of drug-likeness (QED) is 0.392. The Morgan fingerprint density at radius 1 is 1.27 bits per heavy atom. The van der Waals surface area contributed by atoms with E-state index >= 15 is 0 Å². The minimum atomic E-state index is -0.899. The molecule has 0 aliphatic rings. The van der Waals surface area contributed by atoms with Gasteiger partial charge in [-0.2, -0.15) is 0 Å². The van der Waals surface area contributed by atoms with Crippen molar-refractivity contribution < 1.29 is 23.9 Å². The summed E-state index contributed by atoms with van der Waals surface area (Å²) in [6.45, 7) is 9.80. The minimum Gasteiger partial charge on any atom is -0.395 e. The maximum absolute atomic E-state index is 13.5. The average molecular weight is 414 g/mol. The number of rotatable bonds is 8. The lowest BCUT2D eigenvalue weighted by Crippen LogP contribution is -2.27. The van der Waals surface area contributed by atoms with Crippen molar-refractivity contribution in [1.29, 1.82) is 0 Å². The summed E-state index contributed by atoms with van der Waals surface area (Å²) in [5.74, 6) is -2.22. The molecule has 0 aliphatic heterocycles. The van der Waals surface area contributed by atoms with Crippen molar-refractivity contribution in [3.05, 3.63) is 64.7 Å². The third-order valence-electron chi connectivity index (χ3n) is 5.46. The van der Waals surface area contributed by atoms with Crippen molar-refractivity contribution in [3.63, 3.8) is 0 Å². The van der Waals surface area contributed by atoms with Crippen LogP contribution in [0.4, 0.5) is 10.1 Å². The summed E-state index contributed by atoms with van der Waals surface area (Å²) < 4.78 is 15.0. The minimum absolute atomic E-state index is 0.173. The Balaban J connectivity index is 2.37. The van der Waals surface area contributed by atoms with Gasteiger partial charge in [-0.1, -0.05) is 13.0 Å². The molecule has 2 aromatic rings. The van der Waals surface area contributed by atoms with Crippen LogP contribution in [0.2, 0.25) is 0 Å². The first-order valence-corrected chi connectivity index (χ1v) is 9.51. The number of nitrogens with zero attached hydrogens (tertiary/aromatic N) is 1. The van der Waals surface area contributed by atoms with Gasteiger partial charge in [-0.15, -0.1) is 6.58 Å². The molecule has 1 aromatic carbocycles. The summed E-state index contributed by atoms with van der Waals surface area (Å²) in [7, 11) is 1.63. The largest absolute Gasteiger partial charge is 0.395 e. The Labute approximate surface area is 175 Å². The highest BCUT2D eigenvalue weighted by Gasteiger charge is 2.32. The zero-order valence-corrected chi connectivity index (χ0v) is 17.9. The van der Waals surface area contributed by atoms with Crippen molar-refractivity contribution in [2.45, 2.75) is 34.1 Å². The molecule has 1 unspecified atom stereocenters. The maximum atomic E-state index is 13.5. The van der Waals surface area contributed by atoms with Crippen molar-refractivity contribution in [1.82, 2.24) is 4.57 Å². The number of halogens is 1. The van der Waals surface area contributed by atoms with E-state index in [-0.39, 0.29) is 30.1 Å². The van der Waals surface area contributed by atoms with E-state index in [0.717, 1.165) is 0 Å². The zero-order valence-electron chi connectivity index (χ0n) is 17.9. The summed E-state index contributed by atoms with van der Waals surface area (Å²) in [5, 5.41) is 12.2. The highest BCUT2D eigenvalue weighted by Crippen LogP contribution is 2.27. The third kappa shape index (κ3) is 4.41. The van der Waals surface area contributed by atoms with E-state index in [1.807, 2.05) is 0 Å². The molecular formula is C23H27FN2O4. The number of carbonyl (C=O) groups excluding carboxylic acids is 3. The summed E-state index contributed by atoms with van der Waals surface area (Å²) in [6, 6.07) is 4.23. The van der Waals surface area contributed by atoms with Crippen molar-refractivity contribution in [3.8, 4) is 0 Å². The van der Waals surface area contributed by atoms with Crippen molar-refractivity contribution in [2.75, 3.05) is 11.9 Å². The van der Waals surface area contributed by atoms with Gasteiger partial charge in [0.2, 0.25) is 11.6 Å². The molecule has 1 aromatic heterocycles. The van der Waals surface area contributed by atoms with E-state index in [0.29, 0.717) is 22.5 Å². The summed E-state index contributed by atoms with van der Waals surface area (Å²) in [6.07, 6.45) is 1.27. The number of hydrogen-bond acceptors (Lipinski definition) is 4. The molecule has 0 spiro atoms. The molecule has 7 heteroatoms. The highest BCUT2D eigenvalue weighted by atomic mass is 19.1. The molecule has 0 fully saturated rings. The first kappa shape index (κ1) is 23.2. The summed E-state index contributed by atoms with van der Waals surface area (Å²) in [4.78, 5) is 38.3. The number of aryl methyl sites for hydroxylation is 1. The normalized spacial score (nSPS) is 12.9. The fourth-order valence-electron chi connectivity index (χ4n) is 3.33. The van der Waals surface area contributed by atoms with E-state index in [9.17, 15) is 23.9 Å². The van der Waals surface area contributed by atoms with Gasteiger partial charge < -0.3 is 15.0 Å². The second-order valence-corrected chi connectivity index (χ2v) is 7.86. The zero-order chi connectivity index (χ0) is 22.8. The predicted octanol–water partition coefficient (Wildman–Crippen LogP) is 3.67. The Morgan fingerprint density at radius 3 is 2.43 bits per heavy atom. The maximum Gasteiger partial charge on any atom is 0.272 e. The van der Waals surface area contributed by atoms with Crippen LogP contribution in [-0.4, -0.2) is 33.8 Å². The average Bonchev–Trinajstić information content (AvgIpc) is 2.92. The molecule has 0 aliphatic carbocycles. The van der Waals surface area contributed by atoms with E-state index in [4.69, 9.17) is 0 Å². The standard InChI is InChI=1S/C23H27FN2O4/c1-7-23(5,12-27)11-18(28)21(29)19-14(3)20(26(6)15(19)4)22(30)25-16-8-9-17(24)13(2)10-16/h7-10,27H,1,11-12H2,2-6H3,(H,25,30). The molecule has 30 heavy (non-hydrogen) atoms. The number of hydrogen-bond donors (Lipinski definition) is 2. The van der Waals surface area contributed by atoms with Gasteiger partial charge in [0.15, 0.2) is 0 Å². The van der Waals surface area contributed by atoms with Crippen LogP contribution in [0.15, 0.2) is 30.9 Å². The van der Waals surface area contributed by atoms with E-state index in [2.05, 4.69) is 11.9 Å². The second kappa shape index (κ2) is 8.75. The van der Waals surface area contributed by atoms with Crippen LogP contribution >= 0.6 is 0 Å². The lowest BCUT2D eigenvalue weighted by molar-refractivity contribution is -0.117. The first-order chi connectivity index (χ1) is 14.0. The Hall–Kier alpha value is -3.06. The number of Topliss-reactive ketones (excluding diaryl/α,β-unsaturated/α-hetero) is 2. The third-order valence-corrected chi connectivity index (χ3v) is 5.46. The van der Waals surface area contributed by atoms with Crippen LogP contribution in [0.5, 0.6) is 0 Å². The van der Waals surface area contributed by atoms with Crippen LogP contribution in [-0.2, 0) is 11.8 Å². The molecule has 2 rings (SSSR count). The molecule has 0 saturated heterocycles.